The summed E-state index contributed by atoms with van der Waals surface area (Å²) in [5.41, 5.74) is 0.823. The van der Waals surface area contributed by atoms with Gasteiger partial charge in [0, 0.05) is 18.8 Å². The number of carbonyl (C=O) groups excluding carboxylic acids is 1. The molecule has 0 heterocycles. The highest BCUT2D eigenvalue weighted by Crippen LogP contribution is 2.22. The molecule has 0 saturated carbocycles. The first kappa shape index (κ1) is 21.6. The normalized spacial score (nSPS) is 12.2. The molecule has 132 valence electrons. The molecule has 2 N–H and O–H groups in total. The molecule has 0 aliphatic heterocycles. The Morgan fingerprint density at radius 1 is 1.00 bits per heavy atom. The Labute approximate surface area is 143 Å². The first-order chi connectivity index (χ1) is 10.8. The van der Waals surface area contributed by atoms with Gasteiger partial charge in [0.25, 0.3) is 0 Å². The highest BCUT2D eigenvalue weighted by molar-refractivity contribution is 5.94. The fourth-order valence-corrected chi connectivity index (χ4v) is 2.37. The molecule has 0 bridgehead atoms. The van der Waals surface area contributed by atoms with Crippen LogP contribution in [-0.2, 0) is 14.4 Å². The maximum absolute atomic E-state index is 12.0. The van der Waals surface area contributed by atoms with Crippen LogP contribution in [0.25, 0.3) is 6.08 Å². The quantitative estimate of drug-likeness (QED) is 0.671. The third-order valence-electron chi connectivity index (χ3n) is 3.39. The van der Waals surface area contributed by atoms with Crippen LogP contribution in [0.3, 0.4) is 0 Å². The summed E-state index contributed by atoms with van der Waals surface area (Å²) in [6.07, 6.45) is 3.39. The van der Waals surface area contributed by atoms with Gasteiger partial charge in [0.05, 0.1) is 0 Å². The zero-order valence-corrected chi connectivity index (χ0v) is 13.3. The number of hydrogen-bond acceptors (Lipinski definition) is 3. The van der Waals surface area contributed by atoms with Gasteiger partial charge in [-0.25, -0.2) is 0 Å². The van der Waals surface area contributed by atoms with E-state index in [0.717, 1.165) is 5.56 Å². The summed E-state index contributed by atoms with van der Waals surface area (Å²) in [5, 5.41) is 18.4. The smallest absolute Gasteiger partial charge is 0.318 e. The Morgan fingerprint density at radius 3 is 2.00 bits per heavy atom. The van der Waals surface area contributed by atoms with Gasteiger partial charge in [-0.3, -0.25) is 14.4 Å². The van der Waals surface area contributed by atoms with Crippen molar-refractivity contribution in [1.29, 1.82) is 0 Å². The summed E-state index contributed by atoms with van der Waals surface area (Å²) in [6.45, 7) is 3.77. The van der Waals surface area contributed by atoms with Gasteiger partial charge in [0.15, 0.2) is 5.92 Å². The van der Waals surface area contributed by atoms with E-state index in [9.17, 15) is 24.6 Å². The Kier molecular flexibility index (Phi) is 9.31. The molecule has 1 aromatic rings. The van der Waals surface area contributed by atoms with E-state index >= 15 is 0 Å². The monoisotopic (exact) mass is 334 g/mol. The number of aliphatic carboxylic acids is 2. The highest BCUT2D eigenvalue weighted by atomic mass is 16.4. The molecule has 0 radical (unpaired) electrons. The molecule has 1 rings (SSSR count). The van der Waals surface area contributed by atoms with Crippen molar-refractivity contribution in [2.24, 2.45) is 17.8 Å². The van der Waals surface area contributed by atoms with Crippen molar-refractivity contribution in [3.8, 4) is 0 Å². The van der Waals surface area contributed by atoms with Gasteiger partial charge >= 0.3 is 11.9 Å². The van der Waals surface area contributed by atoms with E-state index in [1.807, 2.05) is 44.2 Å². The van der Waals surface area contributed by atoms with Gasteiger partial charge in [-0.1, -0.05) is 63.8 Å². The minimum Gasteiger partial charge on any atom is -0.481 e. The molecule has 0 aromatic heterocycles. The first-order valence-corrected chi connectivity index (χ1v) is 7.51. The van der Waals surface area contributed by atoms with Gasteiger partial charge in [0.1, 0.15) is 5.78 Å². The fraction of sp³-hybridized carbons (Fsp3) is 0.421. The summed E-state index contributed by atoms with van der Waals surface area (Å²) >= 11 is 0. The van der Waals surface area contributed by atoms with Crippen LogP contribution < -0.4 is 0 Å². The van der Waals surface area contributed by atoms with Crippen LogP contribution >= 0.6 is 0 Å². The Hall–Kier alpha value is -2.43. The zero-order valence-electron chi connectivity index (χ0n) is 13.3. The maximum atomic E-state index is 12.0. The molecule has 5 nitrogen and oxygen atoms in total. The number of hydrogen-bond donors (Lipinski definition) is 2. The Morgan fingerprint density at radius 2 is 1.54 bits per heavy atom. The molecule has 0 aliphatic carbocycles. The number of carbonyl (C=O) groups is 3. The lowest BCUT2D eigenvalue weighted by Gasteiger charge is -2.17. The van der Waals surface area contributed by atoms with Crippen LogP contribution in [0.4, 0.5) is 0 Å². The fourth-order valence-electron chi connectivity index (χ4n) is 2.37. The van der Waals surface area contributed by atoms with E-state index < -0.39 is 23.8 Å². The van der Waals surface area contributed by atoms with Gasteiger partial charge in [-0.15, -0.1) is 0 Å². The van der Waals surface area contributed by atoms with Crippen LogP contribution in [0.2, 0.25) is 0 Å². The molecule has 24 heavy (non-hydrogen) atoms. The largest absolute Gasteiger partial charge is 0.481 e. The highest BCUT2D eigenvalue weighted by Gasteiger charge is 2.34. The third kappa shape index (κ3) is 7.22. The van der Waals surface area contributed by atoms with E-state index in [1.54, 1.807) is 6.08 Å². The van der Waals surface area contributed by atoms with Crippen molar-refractivity contribution in [2.45, 2.75) is 34.1 Å². The van der Waals surface area contributed by atoms with Crippen molar-refractivity contribution in [3.63, 3.8) is 0 Å². The van der Waals surface area contributed by atoms with Crippen molar-refractivity contribution < 1.29 is 24.6 Å². The molecule has 1 aromatic carbocycles. The molecule has 1 atom stereocenters. The summed E-state index contributed by atoms with van der Waals surface area (Å²) < 4.78 is 0. The van der Waals surface area contributed by atoms with Crippen LogP contribution in [0.15, 0.2) is 36.4 Å². The minimum atomic E-state index is -1.63. The van der Waals surface area contributed by atoms with Crippen LogP contribution in [-0.4, -0.2) is 27.9 Å². The topological polar surface area (TPSA) is 91.7 Å². The van der Waals surface area contributed by atoms with Gasteiger partial charge in [-0.2, -0.15) is 0 Å². The number of ketones is 1. The molecule has 0 spiro atoms. The lowest BCUT2D eigenvalue weighted by molar-refractivity contribution is -0.156. The predicted molar refractivity (Wildman–Crippen MR) is 93.5 cm³/mol. The predicted octanol–water partition coefficient (Wildman–Crippen LogP) is 3.74. The third-order valence-corrected chi connectivity index (χ3v) is 3.39. The van der Waals surface area contributed by atoms with Gasteiger partial charge < -0.3 is 10.2 Å². The van der Waals surface area contributed by atoms with E-state index in [2.05, 4.69) is 0 Å². The number of carboxylic acids is 2. The standard InChI is InChI=1S/C18H22O5.CH4/c1-12(2)10-15(19)11-14(16(17(20)21)18(22)23)9-8-13-6-4-3-5-7-13;/h3-9,12,14,16H,10-11H2,1-2H3,(H,20,21)(H,22,23);1H4/b9-8+;. The lowest BCUT2D eigenvalue weighted by Crippen LogP contribution is -2.31. The second kappa shape index (κ2) is 10.4. The van der Waals surface area contributed by atoms with Crippen LogP contribution in [0.1, 0.15) is 39.7 Å². The SMILES string of the molecule is C.CC(C)CC(=O)CC(/C=C/c1ccccc1)C(C(=O)O)C(=O)O. The summed E-state index contributed by atoms with van der Waals surface area (Å²) in [6, 6.07) is 9.13. The maximum Gasteiger partial charge on any atom is 0.318 e. The number of allylic oxidation sites excluding steroid dienone is 1. The Bertz CT molecular complexity index is 561. The number of carboxylic acid groups (broad SMARTS) is 2. The number of Topliss-reactive ketones (excluding diaryl/α,β-unsaturated/α-hetero) is 1. The van der Waals surface area contributed by atoms with Crippen LogP contribution in [0.5, 0.6) is 0 Å². The number of benzene rings is 1. The van der Waals surface area contributed by atoms with E-state index in [1.165, 1.54) is 6.08 Å². The van der Waals surface area contributed by atoms with Crippen molar-refractivity contribution in [1.82, 2.24) is 0 Å². The molecule has 1 unspecified atom stereocenters. The van der Waals surface area contributed by atoms with Gasteiger partial charge in [0.2, 0.25) is 0 Å². The molecule has 0 amide bonds. The van der Waals surface area contributed by atoms with E-state index in [4.69, 9.17) is 0 Å². The molecular weight excluding hydrogens is 308 g/mol. The molecule has 0 aliphatic rings. The summed E-state index contributed by atoms with van der Waals surface area (Å²) in [4.78, 5) is 34.5. The summed E-state index contributed by atoms with van der Waals surface area (Å²) in [7, 11) is 0. The first-order valence-electron chi connectivity index (χ1n) is 7.51. The summed E-state index contributed by atoms with van der Waals surface area (Å²) in [5.74, 6) is -5.36. The second-order valence-electron chi connectivity index (χ2n) is 5.93. The van der Waals surface area contributed by atoms with Gasteiger partial charge in [-0.05, 0) is 11.5 Å². The van der Waals surface area contributed by atoms with E-state index in [-0.39, 0.29) is 25.5 Å². The van der Waals surface area contributed by atoms with Crippen molar-refractivity contribution in [3.05, 3.63) is 42.0 Å². The molecule has 0 saturated heterocycles. The average molecular weight is 334 g/mol. The van der Waals surface area contributed by atoms with Crippen LogP contribution in [0, 0.1) is 17.8 Å². The minimum absolute atomic E-state index is 0. The lowest BCUT2D eigenvalue weighted by atomic mass is 9.85. The average Bonchev–Trinajstić information content (AvgIpc) is 2.44. The molecule has 5 heteroatoms. The van der Waals surface area contributed by atoms with E-state index in [0.29, 0.717) is 6.42 Å². The van der Waals surface area contributed by atoms with Crippen molar-refractivity contribution in [2.75, 3.05) is 0 Å². The second-order valence-corrected chi connectivity index (χ2v) is 5.93. The zero-order chi connectivity index (χ0) is 17.4. The Balaban J connectivity index is 0.00000529. The molecule has 0 fully saturated rings. The van der Waals surface area contributed by atoms with Crippen molar-refractivity contribution >= 4 is 23.8 Å². The molecular formula is C19H26O5. The number of rotatable bonds is 9.